The Balaban J connectivity index is 1.73. The van der Waals surface area contributed by atoms with E-state index in [-0.39, 0.29) is 5.56 Å². The fourth-order valence-corrected chi connectivity index (χ4v) is 3.62. The molecular formula is C15H19ClN2O2. The number of halogens is 1. The molecule has 0 saturated carbocycles. The number of anilines is 1. The van der Waals surface area contributed by atoms with Crippen LogP contribution in [-0.2, 0) is 0 Å². The lowest BCUT2D eigenvalue weighted by Gasteiger charge is -2.33. The number of benzene rings is 1. The SMILES string of the molecule is O=C(O)c1ccc(NC2CCN3CCCCC23)c(Cl)c1. The van der Waals surface area contributed by atoms with Gasteiger partial charge in [0.2, 0.25) is 0 Å². The van der Waals surface area contributed by atoms with Gasteiger partial charge in [-0.3, -0.25) is 4.90 Å². The van der Waals surface area contributed by atoms with Gasteiger partial charge >= 0.3 is 5.97 Å². The van der Waals surface area contributed by atoms with Crippen LogP contribution in [0.4, 0.5) is 5.69 Å². The lowest BCUT2D eigenvalue weighted by molar-refractivity contribution is 0.0697. The van der Waals surface area contributed by atoms with Gasteiger partial charge in [0.1, 0.15) is 0 Å². The predicted octanol–water partition coefficient (Wildman–Crippen LogP) is 3.08. The Hall–Kier alpha value is -1.26. The summed E-state index contributed by atoms with van der Waals surface area (Å²) in [6.07, 6.45) is 4.96. The lowest BCUT2D eigenvalue weighted by atomic mass is 9.99. The van der Waals surface area contributed by atoms with Crippen molar-refractivity contribution in [1.82, 2.24) is 4.90 Å². The number of carboxylic acid groups (broad SMARTS) is 1. The maximum Gasteiger partial charge on any atom is 0.335 e. The molecule has 108 valence electrons. The Bertz CT molecular complexity index is 521. The number of nitrogens with zero attached hydrogens (tertiary/aromatic N) is 1. The van der Waals surface area contributed by atoms with Crippen molar-refractivity contribution in [1.29, 1.82) is 0 Å². The van der Waals surface area contributed by atoms with Gasteiger partial charge in [0.25, 0.3) is 0 Å². The van der Waals surface area contributed by atoms with Gasteiger partial charge in [-0.2, -0.15) is 0 Å². The third-order valence-electron chi connectivity index (χ3n) is 4.41. The molecule has 0 aliphatic carbocycles. The van der Waals surface area contributed by atoms with Gasteiger partial charge in [0.15, 0.2) is 0 Å². The first kappa shape index (κ1) is 13.7. The molecule has 2 atom stereocenters. The average molecular weight is 295 g/mol. The van der Waals surface area contributed by atoms with E-state index in [9.17, 15) is 4.79 Å². The van der Waals surface area contributed by atoms with Crippen molar-refractivity contribution in [3.63, 3.8) is 0 Å². The van der Waals surface area contributed by atoms with Crippen LogP contribution in [0.3, 0.4) is 0 Å². The molecule has 2 aliphatic rings. The predicted molar refractivity (Wildman–Crippen MR) is 79.7 cm³/mol. The molecule has 4 nitrogen and oxygen atoms in total. The zero-order valence-electron chi connectivity index (χ0n) is 11.3. The van der Waals surface area contributed by atoms with Gasteiger partial charge in [-0.1, -0.05) is 18.0 Å². The first-order valence-electron chi connectivity index (χ1n) is 7.18. The molecule has 0 bridgehead atoms. The maximum absolute atomic E-state index is 10.9. The summed E-state index contributed by atoms with van der Waals surface area (Å²) in [6.45, 7) is 2.35. The number of carbonyl (C=O) groups is 1. The van der Waals surface area contributed by atoms with E-state index >= 15 is 0 Å². The maximum atomic E-state index is 10.9. The van der Waals surface area contributed by atoms with Crippen LogP contribution in [-0.4, -0.2) is 41.1 Å². The summed E-state index contributed by atoms with van der Waals surface area (Å²) in [5.41, 5.74) is 1.07. The van der Waals surface area contributed by atoms with E-state index in [1.165, 1.54) is 31.9 Å². The molecule has 1 aromatic rings. The largest absolute Gasteiger partial charge is 0.478 e. The summed E-state index contributed by atoms with van der Waals surface area (Å²) in [5, 5.41) is 12.9. The molecule has 2 N–H and O–H groups in total. The van der Waals surface area contributed by atoms with Gasteiger partial charge in [-0.15, -0.1) is 0 Å². The number of carboxylic acids is 1. The third kappa shape index (κ3) is 2.63. The van der Waals surface area contributed by atoms with Crippen molar-refractivity contribution in [2.24, 2.45) is 0 Å². The molecule has 0 radical (unpaired) electrons. The number of rotatable bonds is 3. The molecule has 3 rings (SSSR count). The molecule has 2 saturated heterocycles. The van der Waals surface area contributed by atoms with E-state index in [2.05, 4.69) is 10.2 Å². The fraction of sp³-hybridized carbons (Fsp3) is 0.533. The number of hydrogen-bond acceptors (Lipinski definition) is 3. The van der Waals surface area contributed by atoms with Gasteiger partial charge in [0.05, 0.1) is 16.3 Å². The van der Waals surface area contributed by atoms with Crippen LogP contribution in [0.15, 0.2) is 18.2 Å². The molecule has 2 heterocycles. The van der Waals surface area contributed by atoms with Crippen molar-refractivity contribution in [3.8, 4) is 0 Å². The molecule has 0 spiro atoms. The van der Waals surface area contributed by atoms with Crippen LogP contribution >= 0.6 is 11.6 Å². The minimum absolute atomic E-state index is 0.228. The molecular weight excluding hydrogens is 276 g/mol. The Morgan fingerprint density at radius 2 is 2.15 bits per heavy atom. The smallest absolute Gasteiger partial charge is 0.335 e. The summed E-state index contributed by atoms with van der Waals surface area (Å²) in [4.78, 5) is 13.5. The van der Waals surface area contributed by atoms with Gasteiger partial charge < -0.3 is 10.4 Å². The van der Waals surface area contributed by atoms with Gasteiger partial charge in [-0.05, 0) is 44.0 Å². The number of aromatic carboxylic acids is 1. The summed E-state index contributed by atoms with van der Waals surface area (Å²) in [6, 6.07) is 5.91. The van der Waals surface area contributed by atoms with E-state index in [0.29, 0.717) is 17.1 Å². The highest BCUT2D eigenvalue weighted by molar-refractivity contribution is 6.33. The number of hydrogen-bond donors (Lipinski definition) is 2. The highest BCUT2D eigenvalue weighted by Gasteiger charge is 2.35. The van der Waals surface area contributed by atoms with Crippen molar-refractivity contribution in [2.45, 2.75) is 37.8 Å². The highest BCUT2D eigenvalue weighted by atomic mass is 35.5. The van der Waals surface area contributed by atoms with Gasteiger partial charge in [0, 0.05) is 18.6 Å². The molecule has 0 aromatic heterocycles. The number of nitrogens with one attached hydrogen (secondary N) is 1. The third-order valence-corrected chi connectivity index (χ3v) is 4.73. The van der Waals surface area contributed by atoms with Crippen LogP contribution in [0.1, 0.15) is 36.0 Å². The fourth-order valence-electron chi connectivity index (χ4n) is 3.38. The first-order chi connectivity index (χ1) is 9.65. The molecule has 0 amide bonds. The first-order valence-corrected chi connectivity index (χ1v) is 7.56. The molecule has 5 heteroatoms. The number of piperidine rings is 1. The Labute approximate surface area is 123 Å². The van der Waals surface area contributed by atoms with Crippen LogP contribution in [0.5, 0.6) is 0 Å². The second kappa shape index (κ2) is 5.62. The van der Waals surface area contributed by atoms with E-state index in [1.54, 1.807) is 12.1 Å². The minimum Gasteiger partial charge on any atom is -0.478 e. The van der Waals surface area contributed by atoms with Crippen LogP contribution in [0.25, 0.3) is 0 Å². The van der Waals surface area contributed by atoms with Crippen molar-refractivity contribution in [2.75, 3.05) is 18.4 Å². The molecule has 1 aromatic carbocycles. The summed E-state index contributed by atoms with van der Waals surface area (Å²) >= 11 is 6.19. The standard InChI is InChI=1S/C15H19ClN2O2/c16-11-9-10(15(19)20)4-5-12(11)17-13-6-8-18-7-2-1-3-14(13)18/h4-5,9,13-14,17H,1-3,6-8H2,(H,19,20). The topological polar surface area (TPSA) is 52.6 Å². The quantitative estimate of drug-likeness (QED) is 0.899. The highest BCUT2D eigenvalue weighted by Crippen LogP contribution is 2.31. The Morgan fingerprint density at radius 3 is 2.90 bits per heavy atom. The molecule has 2 fully saturated rings. The van der Waals surface area contributed by atoms with Crippen LogP contribution in [0.2, 0.25) is 5.02 Å². The average Bonchev–Trinajstić information content (AvgIpc) is 2.84. The van der Waals surface area contributed by atoms with E-state index in [0.717, 1.165) is 18.7 Å². The summed E-state index contributed by atoms with van der Waals surface area (Å²) < 4.78 is 0. The van der Waals surface area contributed by atoms with Gasteiger partial charge in [-0.25, -0.2) is 4.79 Å². The summed E-state index contributed by atoms with van der Waals surface area (Å²) in [7, 11) is 0. The van der Waals surface area contributed by atoms with Crippen LogP contribution in [0, 0.1) is 0 Å². The van der Waals surface area contributed by atoms with E-state index in [1.807, 2.05) is 0 Å². The molecule has 20 heavy (non-hydrogen) atoms. The zero-order valence-corrected chi connectivity index (χ0v) is 12.1. The second-order valence-corrected chi connectivity index (χ2v) is 6.05. The Kier molecular flexibility index (Phi) is 3.85. The van der Waals surface area contributed by atoms with Crippen molar-refractivity contribution >= 4 is 23.3 Å². The Morgan fingerprint density at radius 1 is 1.30 bits per heavy atom. The lowest BCUT2D eigenvalue weighted by Crippen LogP contribution is -2.41. The van der Waals surface area contributed by atoms with Crippen molar-refractivity contribution in [3.05, 3.63) is 28.8 Å². The van der Waals surface area contributed by atoms with Crippen LogP contribution < -0.4 is 5.32 Å². The normalized spacial score (nSPS) is 26.2. The second-order valence-electron chi connectivity index (χ2n) is 5.64. The minimum atomic E-state index is -0.947. The van der Waals surface area contributed by atoms with E-state index in [4.69, 9.17) is 16.7 Å². The zero-order chi connectivity index (χ0) is 14.1. The van der Waals surface area contributed by atoms with E-state index < -0.39 is 5.97 Å². The summed E-state index contributed by atoms with van der Waals surface area (Å²) in [5.74, 6) is -0.947. The molecule has 2 unspecified atom stereocenters. The monoisotopic (exact) mass is 294 g/mol. The molecule has 2 aliphatic heterocycles. The van der Waals surface area contributed by atoms with Crippen molar-refractivity contribution < 1.29 is 9.90 Å². The number of fused-ring (bicyclic) bond motifs is 1.